The fraction of sp³-hybridized carbons (Fsp3) is 0.400. The molecule has 156 valence electrons. The number of H-pyrrole nitrogens is 1. The monoisotopic (exact) mass is 410 g/mol. The molecule has 3 aromatic rings. The summed E-state index contributed by atoms with van der Waals surface area (Å²) in [5.41, 5.74) is 2.29. The highest BCUT2D eigenvalue weighted by atomic mass is 19.1. The lowest BCUT2D eigenvalue weighted by atomic mass is 9.98. The van der Waals surface area contributed by atoms with Crippen molar-refractivity contribution in [2.75, 3.05) is 31.1 Å². The van der Waals surface area contributed by atoms with E-state index in [2.05, 4.69) is 49.6 Å². The van der Waals surface area contributed by atoms with Crippen molar-refractivity contribution < 1.29 is 9.18 Å². The fourth-order valence-electron chi connectivity index (χ4n) is 3.70. The molecule has 2 aromatic heterocycles. The molecule has 1 N–H and O–H groups in total. The van der Waals surface area contributed by atoms with Crippen LogP contribution in [0, 0.1) is 11.7 Å². The molecule has 0 bridgehead atoms. The first-order valence-corrected chi connectivity index (χ1v) is 9.91. The predicted octanol–water partition coefficient (Wildman–Crippen LogP) is 1.96. The zero-order valence-corrected chi connectivity index (χ0v) is 16.9. The molecule has 1 aromatic carbocycles. The Balaban J connectivity index is 1.59. The van der Waals surface area contributed by atoms with Gasteiger partial charge in [-0.05, 0) is 47.4 Å². The Bertz CT molecular complexity index is 1000. The first kappa shape index (κ1) is 19.9. The zero-order chi connectivity index (χ0) is 21.1. The molecule has 9 nitrogen and oxygen atoms in total. The standard InChI is InChI=1S/C20H23FN8O/c1-13(2)10-14-11-15(21)18(19-24-26-27-25-19)17(12-14)28-6-8-29(9-7-28)20(30)16-4-3-5-22-23-16/h3-5,11-13H,6-10H2,1-2H3,(H,24,25,26,27). The van der Waals surface area contributed by atoms with Crippen molar-refractivity contribution in [2.45, 2.75) is 20.3 Å². The molecule has 0 unspecified atom stereocenters. The number of hydrogen-bond acceptors (Lipinski definition) is 7. The van der Waals surface area contributed by atoms with Crippen LogP contribution in [0.3, 0.4) is 0 Å². The number of benzene rings is 1. The van der Waals surface area contributed by atoms with Crippen molar-refractivity contribution in [1.82, 2.24) is 35.7 Å². The summed E-state index contributed by atoms with van der Waals surface area (Å²) in [6, 6.07) is 6.88. The van der Waals surface area contributed by atoms with Crippen molar-refractivity contribution in [3.05, 3.63) is 47.5 Å². The van der Waals surface area contributed by atoms with Crippen LogP contribution in [-0.4, -0.2) is 67.8 Å². The van der Waals surface area contributed by atoms with E-state index in [1.807, 2.05) is 6.07 Å². The SMILES string of the molecule is CC(C)Cc1cc(F)c(-c2nn[nH]n2)c(N2CCN(C(=O)c3cccnn3)CC2)c1. The summed E-state index contributed by atoms with van der Waals surface area (Å²) in [4.78, 5) is 16.4. The first-order chi connectivity index (χ1) is 14.5. The van der Waals surface area contributed by atoms with Gasteiger partial charge in [0.2, 0.25) is 5.82 Å². The van der Waals surface area contributed by atoms with E-state index in [0.29, 0.717) is 43.4 Å². The maximum absolute atomic E-state index is 15.1. The van der Waals surface area contributed by atoms with Crippen LogP contribution in [0.15, 0.2) is 30.5 Å². The lowest BCUT2D eigenvalue weighted by Gasteiger charge is -2.36. The van der Waals surface area contributed by atoms with Crippen LogP contribution in [-0.2, 0) is 6.42 Å². The molecule has 0 saturated carbocycles. The smallest absolute Gasteiger partial charge is 0.274 e. The summed E-state index contributed by atoms with van der Waals surface area (Å²) in [6.07, 6.45) is 2.30. The van der Waals surface area contributed by atoms with E-state index in [9.17, 15) is 4.79 Å². The second kappa shape index (κ2) is 8.52. The first-order valence-electron chi connectivity index (χ1n) is 9.91. The number of amides is 1. The maximum Gasteiger partial charge on any atom is 0.274 e. The number of aromatic nitrogens is 6. The predicted molar refractivity (Wildman–Crippen MR) is 108 cm³/mol. The summed E-state index contributed by atoms with van der Waals surface area (Å²) in [5, 5.41) is 21.6. The number of piperazine rings is 1. The quantitative estimate of drug-likeness (QED) is 0.686. The van der Waals surface area contributed by atoms with E-state index >= 15 is 4.39 Å². The van der Waals surface area contributed by atoms with Gasteiger partial charge in [0, 0.05) is 32.4 Å². The Morgan fingerprint density at radius 3 is 2.63 bits per heavy atom. The molecule has 0 spiro atoms. The van der Waals surface area contributed by atoms with Gasteiger partial charge in [-0.3, -0.25) is 4.79 Å². The number of carbonyl (C=O) groups excluding carboxylic acids is 1. The van der Waals surface area contributed by atoms with Gasteiger partial charge in [-0.25, -0.2) is 4.39 Å². The Labute approximate surface area is 173 Å². The minimum atomic E-state index is -0.373. The second-order valence-electron chi connectivity index (χ2n) is 7.69. The Morgan fingerprint density at radius 1 is 1.20 bits per heavy atom. The normalized spacial score (nSPS) is 14.4. The molecule has 10 heteroatoms. The number of nitrogens with one attached hydrogen (secondary N) is 1. The van der Waals surface area contributed by atoms with Crippen molar-refractivity contribution in [3.8, 4) is 11.4 Å². The Kier molecular flexibility index (Phi) is 5.64. The molecule has 0 atom stereocenters. The molecular weight excluding hydrogens is 387 g/mol. The van der Waals surface area contributed by atoms with Crippen molar-refractivity contribution in [3.63, 3.8) is 0 Å². The van der Waals surface area contributed by atoms with E-state index < -0.39 is 0 Å². The molecule has 3 heterocycles. The highest BCUT2D eigenvalue weighted by molar-refractivity contribution is 5.92. The molecule has 1 aliphatic heterocycles. The molecule has 0 aliphatic carbocycles. The van der Waals surface area contributed by atoms with Crippen LogP contribution in [0.2, 0.25) is 0 Å². The number of hydrogen-bond donors (Lipinski definition) is 1. The summed E-state index contributed by atoms with van der Waals surface area (Å²) in [5.74, 6) is 0.0925. The average molecular weight is 410 g/mol. The number of anilines is 1. The molecule has 4 rings (SSSR count). The van der Waals surface area contributed by atoms with Gasteiger partial charge in [0.25, 0.3) is 5.91 Å². The van der Waals surface area contributed by atoms with Crippen LogP contribution in [0.25, 0.3) is 11.4 Å². The van der Waals surface area contributed by atoms with Crippen molar-refractivity contribution in [1.29, 1.82) is 0 Å². The zero-order valence-electron chi connectivity index (χ0n) is 16.9. The lowest BCUT2D eigenvalue weighted by molar-refractivity contribution is 0.0739. The number of halogens is 1. The molecule has 1 fully saturated rings. The van der Waals surface area contributed by atoms with E-state index in [1.54, 1.807) is 23.1 Å². The third-order valence-electron chi connectivity index (χ3n) is 5.04. The summed E-state index contributed by atoms with van der Waals surface area (Å²) < 4.78 is 15.1. The summed E-state index contributed by atoms with van der Waals surface area (Å²) in [6.45, 7) is 6.31. The van der Waals surface area contributed by atoms with Crippen molar-refractivity contribution >= 4 is 11.6 Å². The fourth-order valence-corrected chi connectivity index (χ4v) is 3.70. The van der Waals surface area contributed by atoms with Gasteiger partial charge in [0.05, 0.1) is 11.3 Å². The topological polar surface area (TPSA) is 104 Å². The van der Waals surface area contributed by atoms with Crippen LogP contribution in [0.1, 0.15) is 29.9 Å². The molecule has 30 heavy (non-hydrogen) atoms. The number of aromatic amines is 1. The molecule has 1 aliphatic rings. The average Bonchev–Trinajstić information content (AvgIpc) is 3.27. The minimum absolute atomic E-state index is 0.152. The lowest BCUT2D eigenvalue weighted by Crippen LogP contribution is -2.49. The molecule has 1 saturated heterocycles. The Morgan fingerprint density at radius 2 is 2.00 bits per heavy atom. The third-order valence-corrected chi connectivity index (χ3v) is 5.04. The van der Waals surface area contributed by atoms with Crippen LogP contribution < -0.4 is 4.90 Å². The van der Waals surface area contributed by atoms with Crippen LogP contribution in [0.4, 0.5) is 10.1 Å². The van der Waals surface area contributed by atoms with Gasteiger partial charge in [0.1, 0.15) is 5.82 Å². The summed E-state index contributed by atoms with van der Waals surface area (Å²) in [7, 11) is 0. The number of nitrogens with zero attached hydrogens (tertiary/aromatic N) is 7. The Hall–Kier alpha value is -3.43. The van der Waals surface area contributed by atoms with Gasteiger partial charge in [0.15, 0.2) is 5.69 Å². The van der Waals surface area contributed by atoms with E-state index in [1.165, 1.54) is 6.20 Å². The highest BCUT2D eigenvalue weighted by Crippen LogP contribution is 2.33. The van der Waals surface area contributed by atoms with Gasteiger partial charge in [-0.2, -0.15) is 10.3 Å². The maximum atomic E-state index is 15.1. The van der Waals surface area contributed by atoms with E-state index in [4.69, 9.17) is 0 Å². The highest BCUT2D eigenvalue weighted by Gasteiger charge is 2.27. The minimum Gasteiger partial charge on any atom is -0.367 e. The van der Waals surface area contributed by atoms with Crippen LogP contribution >= 0.6 is 0 Å². The second-order valence-corrected chi connectivity index (χ2v) is 7.69. The third kappa shape index (κ3) is 4.12. The number of carbonyl (C=O) groups is 1. The summed E-state index contributed by atoms with van der Waals surface area (Å²) >= 11 is 0. The van der Waals surface area contributed by atoms with Gasteiger partial charge in [-0.15, -0.1) is 15.3 Å². The van der Waals surface area contributed by atoms with Gasteiger partial charge >= 0.3 is 0 Å². The molecular formula is C20H23FN8O. The molecule has 0 radical (unpaired) electrons. The van der Waals surface area contributed by atoms with Gasteiger partial charge in [-0.1, -0.05) is 13.8 Å². The number of tetrazole rings is 1. The van der Waals surface area contributed by atoms with E-state index in [0.717, 1.165) is 17.7 Å². The van der Waals surface area contributed by atoms with Crippen LogP contribution in [0.5, 0.6) is 0 Å². The number of rotatable bonds is 5. The largest absolute Gasteiger partial charge is 0.367 e. The van der Waals surface area contributed by atoms with Gasteiger partial charge < -0.3 is 9.80 Å². The molecule has 1 amide bonds. The van der Waals surface area contributed by atoms with E-state index in [-0.39, 0.29) is 17.5 Å². The van der Waals surface area contributed by atoms with Crippen molar-refractivity contribution in [2.24, 2.45) is 5.92 Å².